The summed E-state index contributed by atoms with van der Waals surface area (Å²) >= 11 is 0.950. The van der Waals surface area contributed by atoms with Gasteiger partial charge in [0.2, 0.25) is 0 Å². The third-order valence-corrected chi connectivity index (χ3v) is 5.53. The van der Waals surface area contributed by atoms with Crippen molar-refractivity contribution in [3.05, 3.63) is 40.3 Å². The molecule has 184 valence electrons. The van der Waals surface area contributed by atoms with Gasteiger partial charge in [-0.15, -0.1) is 11.3 Å². The minimum atomic E-state index is -0.766. The van der Waals surface area contributed by atoms with Crippen molar-refractivity contribution in [3.63, 3.8) is 0 Å². The summed E-state index contributed by atoms with van der Waals surface area (Å²) in [6.07, 6.45) is 0. The molecule has 0 atom stereocenters. The Balaban J connectivity index is 2.02. The van der Waals surface area contributed by atoms with Crippen LogP contribution in [0.1, 0.15) is 39.4 Å². The summed E-state index contributed by atoms with van der Waals surface area (Å²) < 4.78 is 20.9. The lowest BCUT2D eigenvalue weighted by Crippen LogP contribution is -2.24. The number of carbonyl (C=O) groups excluding carboxylic acids is 4. The Morgan fingerprint density at radius 1 is 0.941 bits per heavy atom. The molecule has 2 rings (SSSR count). The van der Waals surface area contributed by atoms with Gasteiger partial charge in [-0.1, -0.05) is 12.1 Å². The standard InChI is InChI=1S/C23H28N2O8S/c1-6-30-15-10-8-9-11-16(15)32-13-18(27)33-12-17(26)24-21-19(23(29)31-7-2)14(3)20(34-21)22(28)25(4)5/h8-11H,6-7,12-13H2,1-5H3,(H,24,26). The molecule has 11 heteroatoms. The van der Waals surface area contributed by atoms with Crippen molar-refractivity contribution in [2.45, 2.75) is 20.8 Å². The fourth-order valence-corrected chi connectivity index (χ4v) is 4.02. The summed E-state index contributed by atoms with van der Waals surface area (Å²) in [6, 6.07) is 6.86. The number of nitrogens with zero attached hydrogens (tertiary/aromatic N) is 1. The van der Waals surface area contributed by atoms with Gasteiger partial charge < -0.3 is 29.2 Å². The molecule has 0 saturated carbocycles. The molecule has 0 fully saturated rings. The highest BCUT2D eigenvalue weighted by Gasteiger charge is 2.27. The van der Waals surface area contributed by atoms with E-state index in [0.717, 1.165) is 11.3 Å². The van der Waals surface area contributed by atoms with Crippen LogP contribution in [0, 0.1) is 6.92 Å². The minimum absolute atomic E-state index is 0.0904. The molecule has 0 unspecified atom stereocenters. The molecule has 0 radical (unpaired) electrons. The Kier molecular flexibility index (Phi) is 9.87. The summed E-state index contributed by atoms with van der Waals surface area (Å²) in [6.45, 7) is 4.61. The molecule has 0 saturated heterocycles. The highest BCUT2D eigenvalue weighted by atomic mass is 32.1. The number of anilines is 1. The van der Waals surface area contributed by atoms with Gasteiger partial charge in [-0.3, -0.25) is 9.59 Å². The van der Waals surface area contributed by atoms with Gasteiger partial charge in [0.15, 0.2) is 24.7 Å². The number of ether oxygens (including phenoxy) is 4. The van der Waals surface area contributed by atoms with Crippen LogP contribution in [-0.4, -0.2) is 69.2 Å². The van der Waals surface area contributed by atoms with Gasteiger partial charge in [0.05, 0.1) is 23.7 Å². The first kappa shape index (κ1) is 26.7. The summed E-state index contributed by atoms with van der Waals surface area (Å²) in [5.41, 5.74) is 0.489. The number of para-hydroxylation sites is 2. The number of carbonyl (C=O) groups is 4. The number of hydrogen-bond donors (Lipinski definition) is 1. The summed E-state index contributed by atoms with van der Waals surface area (Å²) in [7, 11) is 3.16. The molecule has 2 amide bonds. The minimum Gasteiger partial charge on any atom is -0.490 e. The van der Waals surface area contributed by atoms with Crippen molar-refractivity contribution >= 4 is 40.1 Å². The molecule has 0 aliphatic rings. The van der Waals surface area contributed by atoms with Crippen LogP contribution in [0.3, 0.4) is 0 Å². The Morgan fingerprint density at radius 3 is 2.18 bits per heavy atom. The highest BCUT2D eigenvalue weighted by molar-refractivity contribution is 7.18. The van der Waals surface area contributed by atoms with E-state index in [1.54, 1.807) is 52.2 Å². The van der Waals surface area contributed by atoms with Crippen molar-refractivity contribution < 1.29 is 38.1 Å². The van der Waals surface area contributed by atoms with Crippen LogP contribution in [0.25, 0.3) is 0 Å². The summed E-state index contributed by atoms with van der Waals surface area (Å²) in [4.78, 5) is 51.0. The molecule has 0 bridgehead atoms. The first-order valence-electron chi connectivity index (χ1n) is 10.5. The van der Waals surface area contributed by atoms with Crippen LogP contribution in [0.4, 0.5) is 5.00 Å². The van der Waals surface area contributed by atoms with Gasteiger partial charge in [0.25, 0.3) is 11.8 Å². The van der Waals surface area contributed by atoms with E-state index in [1.807, 2.05) is 6.92 Å². The molecule has 1 N–H and O–H groups in total. The average molecular weight is 493 g/mol. The Morgan fingerprint density at radius 2 is 1.59 bits per heavy atom. The Hall–Kier alpha value is -3.60. The van der Waals surface area contributed by atoms with Crippen molar-refractivity contribution in [2.24, 2.45) is 0 Å². The van der Waals surface area contributed by atoms with E-state index in [1.165, 1.54) is 4.90 Å². The number of benzene rings is 1. The first-order valence-corrected chi connectivity index (χ1v) is 11.3. The van der Waals surface area contributed by atoms with Crippen molar-refractivity contribution in [1.82, 2.24) is 4.90 Å². The topological polar surface area (TPSA) is 120 Å². The smallest absolute Gasteiger partial charge is 0.344 e. The van der Waals surface area contributed by atoms with Crippen LogP contribution >= 0.6 is 11.3 Å². The van der Waals surface area contributed by atoms with Gasteiger partial charge in [0, 0.05) is 14.1 Å². The molecule has 1 heterocycles. The molecular formula is C23H28N2O8S. The molecule has 0 spiro atoms. The average Bonchev–Trinajstić information content (AvgIpc) is 3.12. The number of rotatable bonds is 11. The number of thiophene rings is 1. The zero-order valence-corrected chi connectivity index (χ0v) is 20.6. The maximum absolute atomic E-state index is 12.4. The van der Waals surface area contributed by atoms with Crippen molar-refractivity contribution in [2.75, 3.05) is 45.8 Å². The molecule has 34 heavy (non-hydrogen) atoms. The Labute approximate surface area is 201 Å². The Bertz CT molecular complexity index is 1050. The number of nitrogens with one attached hydrogen (secondary N) is 1. The molecule has 10 nitrogen and oxygen atoms in total. The van der Waals surface area contributed by atoms with Crippen LogP contribution in [0.15, 0.2) is 24.3 Å². The lowest BCUT2D eigenvalue weighted by atomic mass is 10.1. The first-order chi connectivity index (χ1) is 16.2. The number of esters is 2. The lowest BCUT2D eigenvalue weighted by Gasteiger charge is -2.11. The van der Waals surface area contributed by atoms with E-state index in [2.05, 4.69) is 5.32 Å². The predicted octanol–water partition coefficient (Wildman–Crippen LogP) is 2.89. The van der Waals surface area contributed by atoms with Crippen LogP contribution < -0.4 is 14.8 Å². The second-order valence-corrected chi connectivity index (χ2v) is 8.08. The quantitative estimate of drug-likeness (QED) is 0.476. The number of amides is 2. The van der Waals surface area contributed by atoms with E-state index >= 15 is 0 Å². The van der Waals surface area contributed by atoms with E-state index in [0.29, 0.717) is 28.5 Å². The second-order valence-electron chi connectivity index (χ2n) is 7.06. The van der Waals surface area contributed by atoms with Crippen molar-refractivity contribution in [3.8, 4) is 11.5 Å². The molecule has 0 aliphatic heterocycles. The predicted molar refractivity (Wildman–Crippen MR) is 126 cm³/mol. The largest absolute Gasteiger partial charge is 0.490 e. The monoisotopic (exact) mass is 492 g/mol. The summed E-state index contributed by atoms with van der Waals surface area (Å²) in [5, 5.41) is 2.67. The zero-order chi connectivity index (χ0) is 25.3. The zero-order valence-electron chi connectivity index (χ0n) is 19.8. The van der Waals surface area contributed by atoms with Crippen LogP contribution in [0.5, 0.6) is 11.5 Å². The van der Waals surface area contributed by atoms with Crippen LogP contribution in [-0.2, 0) is 19.1 Å². The molecule has 1 aromatic heterocycles. The third kappa shape index (κ3) is 6.95. The van der Waals surface area contributed by atoms with Gasteiger partial charge in [-0.2, -0.15) is 0 Å². The van der Waals surface area contributed by atoms with Gasteiger partial charge in [-0.25, -0.2) is 9.59 Å². The SMILES string of the molecule is CCOC(=O)c1c(NC(=O)COC(=O)COc2ccccc2OCC)sc(C(=O)N(C)C)c1C. The summed E-state index contributed by atoms with van der Waals surface area (Å²) in [5.74, 6) is -1.57. The van der Waals surface area contributed by atoms with E-state index in [-0.39, 0.29) is 23.1 Å². The van der Waals surface area contributed by atoms with Gasteiger partial charge in [-0.05, 0) is 38.5 Å². The van der Waals surface area contributed by atoms with E-state index < -0.39 is 31.1 Å². The maximum atomic E-state index is 12.4. The number of hydrogen-bond acceptors (Lipinski definition) is 9. The normalized spacial score (nSPS) is 10.3. The molecule has 1 aromatic carbocycles. The fraction of sp³-hybridized carbons (Fsp3) is 0.391. The van der Waals surface area contributed by atoms with E-state index in [4.69, 9.17) is 18.9 Å². The maximum Gasteiger partial charge on any atom is 0.344 e. The highest BCUT2D eigenvalue weighted by Crippen LogP contribution is 2.34. The van der Waals surface area contributed by atoms with Gasteiger partial charge >= 0.3 is 11.9 Å². The molecule has 0 aliphatic carbocycles. The molecule has 2 aromatic rings. The van der Waals surface area contributed by atoms with Crippen molar-refractivity contribution in [1.29, 1.82) is 0 Å². The van der Waals surface area contributed by atoms with Crippen LogP contribution in [0.2, 0.25) is 0 Å². The van der Waals surface area contributed by atoms with E-state index in [9.17, 15) is 19.2 Å². The third-order valence-electron chi connectivity index (χ3n) is 4.34. The second kappa shape index (κ2) is 12.6. The van der Waals surface area contributed by atoms with Gasteiger partial charge in [0.1, 0.15) is 5.00 Å². The fourth-order valence-electron chi connectivity index (χ4n) is 2.79. The molecular weight excluding hydrogens is 464 g/mol. The lowest BCUT2D eigenvalue weighted by molar-refractivity contribution is -0.149.